The third kappa shape index (κ3) is 2.33. The molecule has 1 unspecified atom stereocenters. The molecule has 4 nitrogen and oxygen atoms in total. The van der Waals surface area contributed by atoms with Gasteiger partial charge in [-0.1, -0.05) is 12.1 Å². The number of carbonyl (C=O) groups excluding carboxylic acids is 1. The van der Waals surface area contributed by atoms with Crippen molar-refractivity contribution in [2.75, 3.05) is 24.7 Å². The van der Waals surface area contributed by atoms with Crippen LogP contribution >= 0.6 is 0 Å². The summed E-state index contributed by atoms with van der Waals surface area (Å²) in [6.07, 6.45) is -0.719. The van der Waals surface area contributed by atoms with E-state index in [9.17, 15) is 4.79 Å². The van der Waals surface area contributed by atoms with Crippen LogP contribution in [0.1, 0.15) is 11.1 Å². The van der Waals surface area contributed by atoms with Crippen LogP contribution in [0.25, 0.3) is 0 Å². The highest BCUT2D eigenvalue weighted by atomic mass is 16.5. The SMILES string of the molecule is Cc1ccc(C)c(N2CCOC(CO)C2=O)c1. The van der Waals surface area contributed by atoms with Crippen LogP contribution in [0.3, 0.4) is 0 Å². The lowest BCUT2D eigenvalue weighted by Gasteiger charge is -2.32. The van der Waals surface area contributed by atoms with Crippen LogP contribution in [0.2, 0.25) is 0 Å². The van der Waals surface area contributed by atoms with Crippen molar-refractivity contribution < 1.29 is 14.6 Å². The molecule has 0 spiro atoms. The number of aliphatic hydroxyl groups is 1. The Morgan fingerprint density at radius 2 is 2.24 bits per heavy atom. The van der Waals surface area contributed by atoms with Crippen molar-refractivity contribution in [3.05, 3.63) is 29.3 Å². The van der Waals surface area contributed by atoms with Crippen LogP contribution < -0.4 is 4.90 Å². The summed E-state index contributed by atoms with van der Waals surface area (Å²) in [6, 6.07) is 6.02. The summed E-state index contributed by atoms with van der Waals surface area (Å²) in [5.41, 5.74) is 3.09. The first-order valence-corrected chi connectivity index (χ1v) is 5.74. The van der Waals surface area contributed by atoms with E-state index in [2.05, 4.69) is 0 Å². The van der Waals surface area contributed by atoms with Gasteiger partial charge in [0.15, 0.2) is 6.10 Å². The molecule has 92 valence electrons. The number of carbonyl (C=O) groups is 1. The van der Waals surface area contributed by atoms with Crippen molar-refractivity contribution in [2.45, 2.75) is 20.0 Å². The molecule has 1 saturated heterocycles. The van der Waals surface area contributed by atoms with E-state index in [4.69, 9.17) is 9.84 Å². The Morgan fingerprint density at radius 3 is 2.94 bits per heavy atom. The predicted molar refractivity (Wildman–Crippen MR) is 65.1 cm³/mol. The Labute approximate surface area is 101 Å². The number of hydrogen-bond acceptors (Lipinski definition) is 3. The van der Waals surface area contributed by atoms with Crippen LogP contribution in [0.4, 0.5) is 5.69 Å². The monoisotopic (exact) mass is 235 g/mol. The molecular formula is C13H17NO3. The van der Waals surface area contributed by atoms with Gasteiger partial charge in [0.05, 0.1) is 13.2 Å². The van der Waals surface area contributed by atoms with Crippen molar-refractivity contribution in [3.63, 3.8) is 0 Å². The summed E-state index contributed by atoms with van der Waals surface area (Å²) >= 11 is 0. The topological polar surface area (TPSA) is 49.8 Å². The maximum atomic E-state index is 12.1. The van der Waals surface area contributed by atoms with Gasteiger partial charge in [-0.25, -0.2) is 0 Å². The third-order valence-electron chi connectivity index (χ3n) is 3.00. The van der Waals surface area contributed by atoms with Crippen molar-refractivity contribution in [3.8, 4) is 0 Å². The molecule has 1 heterocycles. The Balaban J connectivity index is 2.32. The lowest BCUT2D eigenvalue weighted by Crippen LogP contribution is -2.49. The zero-order valence-corrected chi connectivity index (χ0v) is 10.1. The zero-order valence-electron chi connectivity index (χ0n) is 10.1. The van der Waals surface area contributed by atoms with E-state index in [1.54, 1.807) is 4.90 Å². The second-order valence-electron chi connectivity index (χ2n) is 4.32. The number of amides is 1. The summed E-state index contributed by atoms with van der Waals surface area (Å²) in [7, 11) is 0. The molecule has 1 amide bonds. The average molecular weight is 235 g/mol. The van der Waals surface area contributed by atoms with Gasteiger partial charge >= 0.3 is 0 Å². The van der Waals surface area contributed by atoms with Gasteiger partial charge in [0.2, 0.25) is 0 Å². The van der Waals surface area contributed by atoms with E-state index in [0.29, 0.717) is 13.2 Å². The second kappa shape index (κ2) is 4.85. The van der Waals surface area contributed by atoms with Crippen molar-refractivity contribution in [2.24, 2.45) is 0 Å². The number of rotatable bonds is 2. The van der Waals surface area contributed by atoms with Gasteiger partial charge < -0.3 is 14.7 Å². The van der Waals surface area contributed by atoms with Gasteiger partial charge in [-0.3, -0.25) is 4.79 Å². The number of hydrogen-bond donors (Lipinski definition) is 1. The first kappa shape index (κ1) is 12.1. The molecule has 2 rings (SSSR count). The average Bonchev–Trinajstić information content (AvgIpc) is 2.33. The molecule has 0 saturated carbocycles. The molecule has 17 heavy (non-hydrogen) atoms. The molecule has 1 fully saturated rings. The molecule has 1 atom stereocenters. The molecule has 0 aliphatic carbocycles. The van der Waals surface area contributed by atoms with Crippen molar-refractivity contribution in [1.82, 2.24) is 0 Å². The molecule has 1 aromatic carbocycles. The standard InChI is InChI=1S/C13H17NO3/c1-9-3-4-10(2)11(7-9)14-5-6-17-12(8-15)13(14)16/h3-4,7,12,15H,5-6,8H2,1-2H3. The van der Waals surface area contributed by atoms with Crippen LogP contribution in [-0.2, 0) is 9.53 Å². The second-order valence-corrected chi connectivity index (χ2v) is 4.32. The zero-order chi connectivity index (χ0) is 12.4. The number of nitrogens with zero attached hydrogens (tertiary/aromatic N) is 1. The molecule has 1 aliphatic heterocycles. The Kier molecular flexibility index (Phi) is 3.45. The highest BCUT2D eigenvalue weighted by molar-refractivity contribution is 5.98. The van der Waals surface area contributed by atoms with E-state index >= 15 is 0 Å². The number of benzene rings is 1. The molecule has 0 radical (unpaired) electrons. The molecule has 0 aromatic heterocycles. The maximum absolute atomic E-state index is 12.1. The maximum Gasteiger partial charge on any atom is 0.258 e. The lowest BCUT2D eigenvalue weighted by atomic mass is 10.1. The van der Waals surface area contributed by atoms with Crippen LogP contribution in [-0.4, -0.2) is 36.9 Å². The van der Waals surface area contributed by atoms with Gasteiger partial charge in [-0.2, -0.15) is 0 Å². The number of aryl methyl sites for hydroxylation is 2. The molecule has 4 heteroatoms. The van der Waals surface area contributed by atoms with E-state index in [1.165, 1.54) is 0 Å². The number of anilines is 1. The van der Waals surface area contributed by atoms with Gasteiger partial charge in [0.25, 0.3) is 5.91 Å². The fraction of sp³-hybridized carbons (Fsp3) is 0.462. The summed E-state index contributed by atoms with van der Waals surface area (Å²) in [5, 5.41) is 9.08. The fourth-order valence-corrected chi connectivity index (χ4v) is 2.02. The van der Waals surface area contributed by atoms with Crippen LogP contribution in [0.5, 0.6) is 0 Å². The quantitative estimate of drug-likeness (QED) is 0.833. The first-order chi connectivity index (χ1) is 8.13. The van der Waals surface area contributed by atoms with Gasteiger partial charge in [0.1, 0.15) is 0 Å². The normalized spacial score (nSPS) is 20.8. The number of aliphatic hydroxyl groups excluding tert-OH is 1. The van der Waals surface area contributed by atoms with Gasteiger partial charge in [-0.05, 0) is 31.0 Å². The van der Waals surface area contributed by atoms with Gasteiger partial charge in [0, 0.05) is 12.2 Å². The predicted octanol–water partition coefficient (Wildman–Crippen LogP) is 1.03. The van der Waals surface area contributed by atoms with E-state index in [0.717, 1.165) is 16.8 Å². The lowest BCUT2D eigenvalue weighted by molar-refractivity contribution is -0.136. The summed E-state index contributed by atoms with van der Waals surface area (Å²) in [5.74, 6) is -0.160. The van der Waals surface area contributed by atoms with Gasteiger partial charge in [-0.15, -0.1) is 0 Å². The Bertz CT molecular complexity index is 431. The minimum atomic E-state index is -0.719. The van der Waals surface area contributed by atoms with E-state index in [-0.39, 0.29) is 12.5 Å². The fourth-order valence-electron chi connectivity index (χ4n) is 2.02. The largest absolute Gasteiger partial charge is 0.393 e. The molecular weight excluding hydrogens is 218 g/mol. The number of ether oxygens (including phenoxy) is 1. The first-order valence-electron chi connectivity index (χ1n) is 5.74. The summed E-state index contributed by atoms with van der Waals surface area (Å²) in [6.45, 7) is 4.72. The summed E-state index contributed by atoms with van der Waals surface area (Å²) < 4.78 is 5.22. The van der Waals surface area contributed by atoms with E-state index in [1.807, 2.05) is 32.0 Å². The molecule has 0 bridgehead atoms. The third-order valence-corrected chi connectivity index (χ3v) is 3.00. The highest BCUT2D eigenvalue weighted by Gasteiger charge is 2.30. The highest BCUT2D eigenvalue weighted by Crippen LogP contribution is 2.24. The molecule has 1 aromatic rings. The minimum Gasteiger partial charge on any atom is -0.393 e. The Hall–Kier alpha value is -1.39. The smallest absolute Gasteiger partial charge is 0.258 e. The minimum absolute atomic E-state index is 0.160. The number of morpholine rings is 1. The van der Waals surface area contributed by atoms with Crippen LogP contribution in [0, 0.1) is 13.8 Å². The van der Waals surface area contributed by atoms with Crippen LogP contribution in [0.15, 0.2) is 18.2 Å². The molecule has 1 aliphatic rings. The van der Waals surface area contributed by atoms with E-state index < -0.39 is 6.10 Å². The Morgan fingerprint density at radius 1 is 1.47 bits per heavy atom. The van der Waals surface area contributed by atoms with Crippen molar-refractivity contribution in [1.29, 1.82) is 0 Å². The summed E-state index contributed by atoms with van der Waals surface area (Å²) in [4.78, 5) is 13.8. The molecule has 1 N–H and O–H groups in total. The van der Waals surface area contributed by atoms with Crippen molar-refractivity contribution >= 4 is 11.6 Å².